The number of aromatic nitrogens is 3. The Hall–Kier alpha value is -1.61. The smallest absolute Gasteiger partial charge is 0.270 e. The molecule has 0 amide bonds. The van der Waals surface area contributed by atoms with Gasteiger partial charge in [0, 0.05) is 10.8 Å². The molecule has 2 aromatic rings. The maximum atomic E-state index is 12.5. The van der Waals surface area contributed by atoms with Gasteiger partial charge >= 0.3 is 0 Å². The van der Waals surface area contributed by atoms with Gasteiger partial charge in [-0.05, 0) is 6.42 Å². The number of anilines is 1. The number of hydrogen-bond acceptors (Lipinski definition) is 6. The number of hydrogen-bond donors (Lipinski definition) is 1. The molecule has 0 saturated heterocycles. The van der Waals surface area contributed by atoms with Gasteiger partial charge in [0.05, 0.1) is 25.0 Å². The van der Waals surface area contributed by atoms with Gasteiger partial charge in [-0.25, -0.2) is 18.1 Å². The molecule has 1 aliphatic rings. The lowest BCUT2D eigenvalue weighted by Crippen LogP contribution is -2.33. The van der Waals surface area contributed by atoms with Crippen LogP contribution in [0.15, 0.2) is 16.5 Å². The van der Waals surface area contributed by atoms with E-state index < -0.39 is 10.0 Å². The standard InChI is InChI=1S/C13H18N4O3S2/c1-4-9-6-21-12(15-9)16-22(18,19)10-5-14-17-7-13(2,3)8-20-11(10)17/h5-6H,4,7-8H2,1-3H3,(H,15,16). The summed E-state index contributed by atoms with van der Waals surface area (Å²) in [6, 6.07) is 0. The summed E-state index contributed by atoms with van der Waals surface area (Å²) in [6.07, 6.45) is 2.09. The van der Waals surface area contributed by atoms with Gasteiger partial charge in [-0.15, -0.1) is 11.3 Å². The number of sulfonamides is 1. The van der Waals surface area contributed by atoms with E-state index >= 15 is 0 Å². The van der Waals surface area contributed by atoms with Gasteiger partial charge in [-0.2, -0.15) is 5.10 Å². The Labute approximate surface area is 133 Å². The van der Waals surface area contributed by atoms with Gasteiger partial charge in [-0.3, -0.25) is 4.72 Å². The van der Waals surface area contributed by atoms with Crippen LogP contribution in [-0.2, 0) is 23.0 Å². The number of ether oxygens (including phenoxy) is 1. The number of rotatable bonds is 4. The third-order valence-corrected chi connectivity index (χ3v) is 5.62. The van der Waals surface area contributed by atoms with Crippen molar-refractivity contribution in [2.45, 2.75) is 38.6 Å². The highest BCUT2D eigenvalue weighted by Gasteiger charge is 2.33. The highest BCUT2D eigenvalue weighted by atomic mass is 32.2. The van der Waals surface area contributed by atoms with Crippen molar-refractivity contribution < 1.29 is 13.2 Å². The monoisotopic (exact) mass is 342 g/mol. The van der Waals surface area contributed by atoms with E-state index in [0.717, 1.165) is 12.1 Å². The zero-order valence-electron chi connectivity index (χ0n) is 12.7. The predicted octanol–water partition coefficient (Wildman–Crippen LogP) is 2.12. The molecule has 1 N–H and O–H groups in total. The molecular formula is C13H18N4O3S2. The van der Waals surface area contributed by atoms with Crippen LogP contribution in [0.5, 0.6) is 5.88 Å². The second-order valence-electron chi connectivity index (χ2n) is 6.03. The molecule has 0 spiro atoms. The molecule has 0 aromatic carbocycles. The third-order valence-electron chi connectivity index (χ3n) is 3.36. The minimum atomic E-state index is -3.75. The molecule has 2 aromatic heterocycles. The summed E-state index contributed by atoms with van der Waals surface area (Å²) in [5.74, 6) is 0.291. The number of thiazole rings is 1. The van der Waals surface area contributed by atoms with Crippen molar-refractivity contribution >= 4 is 26.5 Å². The predicted molar refractivity (Wildman–Crippen MR) is 83.8 cm³/mol. The van der Waals surface area contributed by atoms with Crippen LogP contribution < -0.4 is 9.46 Å². The maximum Gasteiger partial charge on any atom is 0.270 e. The van der Waals surface area contributed by atoms with Crippen LogP contribution in [0.1, 0.15) is 26.5 Å². The first-order valence-corrected chi connectivity index (χ1v) is 9.33. The molecule has 22 heavy (non-hydrogen) atoms. The Bertz CT molecular complexity index is 792. The van der Waals surface area contributed by atoms with Crippen LogP contribution >= 0.6 is 11.3 Å². The van der Waals surface area contributed by atoms with E-state index in [9.17, 15) is 8.42 Å². The summed E-state index contributed by atoms with van der Waals surface area (Å²) in [5, 5.41) is 6.33. The Morgan fingerprint density at radius 3 is 2.95 bits per heavy atom. The fourth-order valence-corrected chi connectivity index (χ4v) is 4.32. The Balaban J connectivity index is 1.89. The summed E-state index contributed by atoms with van der Waals surface area (Å²) in [4.78, 5) is 4.27. The van der Waals surface area contributed by atoms with Crippen molar-refractivity contribution in [1.29, 1.82) is 0 Å². The number of fused-ring (bicyclic) bond motifs is 1. The number of aryl methyl sites for hydroxylation is 1. The average molecular weight is 342 g/mol. The van der Waals surface area contributed by atoms with Crippen LogP contribution in [0.25, 0.3) is 0 Å². The van der Waals surface area contributed by atoms with Gasteiger partial charge in [-0.1, -0.05) is 20.8 Å². The molecule has 7 nitrogen and oxygen atoms in total. The number of nitrogens with one attached hydrogen (secondary N) is 1. The molecule has 0 atom stereocenters. The van der Waals surface area contributed by atoms with Gasteiger partial charge in [0.1, 0.15) is 0 Å². The van der Waals surface area contributed by atoms with E-state index in [1.165, 1.54) is 17.5 Å². The zero-order valence-corrected chi connectivity index (χ0v) is 14.3. The van der Waals surface area contributed by atoms with Gasteiger partial charge in [0.2, 0.25) is 5.88 Å². The molecule has 1 aliphatic heterocycles. The van der Waals surface area contributed by atoms with Crippen LogP contribution in [-0.4, -0.2) is 29.8 Å². The lowest BCUT2D eigenvalue weighted by atomic mass is 9.94. The Morgan fingerprint density at radius 2 is 2.27 bits per heavy atom. The quantitative estimate of drug-likeness (QED) is 0.920. The highest BCUT2D eigenvalue weighted by Crippen LogP contribution is 2.34. The lowest BCUT2D eigenvalue weighted by molar-refractivity contribution is 0.0971. The highest BCUT2D eigenvalue weighted by molar-refractivity contribution is 7.93. The van der Waals surface area contributed by atoms with Gasteiger partial charge in [0.15, 0.2) is 10.0 Å². The van der Waals surface area contributed by atoms with E-state index in [2.05, 4.69) is 14.8 Å². The maximum absolute atomic E-state index is 12.5. The summed E-state index contributed by atoms with van der Waals surface area (Å²) in [7, 11) is -3.75. The average Bonchev–Trinajstić information content (AvgIpc) is 3.03. The van der Waals surface area contributed by atoms with Gasteiger partial charge in [0.25, 0.3) is 10.0 Å². The molecule has 0 unspecified atom stereocenters. The van der Waals surface area contributed by atoms with Gasteiger partial charge < -0.3 is 4.74 Å². The topological polar surface area (TPSA) is 86.1 Å². The van der Waals surface area contributed by atoms with Crippen molar-refractivity contribution in [2.75, 3.05) is 11.3 Å². The first kappa shape index (κ1) is 15.3. The molecule has 120 valence electrons. The van der Waals surface area contributed by atoms with E-state index in [1.54, 1.807) is 4.68 Å². The van der Waals surface area contributed by atoms with Crippen LogP contribution in [0.2, 0.25) is 0 Å². The van der Waals surface area contributed by atoms with Crippen LogP contribution in [0.4, 0.5) is 5.13 Å². The van der Waals surface area contributed by atoms with Crippen molar-refractivity contribution in [3.05, 3.63) is 17.3 Å². The van der Waals surface area contributed by atoms with E-state index in [0.29, 0.717) is 24.2 Å². The first-order chi connectivity index (χ1) is 10.3. The zero-order chi connectivity index (χ0) is 16.0. The summed E-state index contributed by atoms with van der Waals surface area (Å²) in [6.45, 7) is 7.14. The summed E-state index contributed by atoms with van der Waals surface area (Å²) >= 11 is 1.27. The van der Waals surface area contributed by atoms with Crippen molar-refractivity contribution in [1.82, 2.24) is 14.8 Å². The number of nitrogens with zero attached hydrogens (tertiary/aromatic N) is 3. The van der Waals surface area contributed by atoms with E-state index in [1.807, 2.05) is 26.2 Å². The molecule has 3 heterocycles. The van der Waals surface area contributed by atoms with Crippen molar-refractivity contribution in [2.24, 2.45) is 5.41 Å². The molecule has 0 radical (unpaired) electrons. The minimum Gasteiger partial charge on any atom is -0.476 e. The fourth-order valence-electron chi connectivity index (χ4n) is 2.20. The fraction of sp³-hybridized carbons (Fsp3) is 0.538. The SMILES string of the molecule is CCc1csc(NS(=O)(=O)c2cnn3c2OCC(C)(C)C3)n1. The molecule has 0 bridgehead atoms. The minimum absolute atomic E-state index is 0.0521. The molecule has 9 heteroatoms. The third kappa shape index (κ3) is 2.82. The van der Waals surface area contributed by atoms with Crippen molar-refractivity contribution in [3.8, 4) is 5.88 Å². The largest absolute Gasteiger partial charge is 0.476 e. The Morgan fingerprint density at radius 1 is 1.50 bits per heavy atom. The lowest BCUT2D eigenvalue weighted by Gasteiger charge is -2.30. The second-order valence-corrected chi connectivity index (χ2v) is 8.54. The van der Waals surface area contributed by atoms with E-state index in [4.69, 9.17) is 4.74 Å². The normalized spacial score (nSPS) is 16.9. The molecule has 0 aliphatic carbocycles. The van der Waals surface area contributed by atoms with Crippen LogP contribution in [0, 0.1) is 5.41 Å². The Kier molecular flexibility index (Phi) is 3.64. The molecule has 3 rings (SSSR count). The summed E-state index contributed by atoms with van der Waals surface area (Å²) in [5.41, 5.74) is 0.788. The molecular weight excluding hydrogens is 324 g/mol. The summed E-state index contributed by atoms with van der Waals surface area (Å²) < 4.78 is 34.7. The second kappa shape index (κ2) is 5.24. The van der Waals surface area contributed by atoms with Crippen LogP contribution in [0.3, 0.4) is 0 Å². The molecule has 0 fully saturated rings. The van der Waals surface area contributed by atoms with Crippen molar-refractivity contribution in [3.63, 3.8) is 0 Å². The van der Waals surface area contributed by atoms with E-state index in [-0.39, 0.29) is 10.3 Å². The molecule has 0 saturated carbocycles. The first-order valence-electron chi connectivity index (χ1n) is 6.96.